The zero-order valence-corrected chi connectivity index (χ0v) is 16.4. The molecule has 3 rings (SSSR count). The highest BCUT2D eigenvalue weighted by atomic mass is 31.0. The van der Waals surface area contributed by atoms with Gasteiger partial charge in [-0.1, -0.05) is 6.92 Å². The lowest BCUT2D eigenvalue weighted by Crippen LogP contribution is -2.63. The number of hydrogen-bond acceptors (Lipinski definition) is 6. The van der Waals surface area contributed by atoms with Crippen LogP contribution in [0, 0.1) is 11.8 Å². The van der Waals surface area contributed by atoms with Crippen molar-refractivity contribution in [3.63, 3.8) is 0 Å². The number of rotatable bonds is 5. The first kappa shape index (κ1) is 19.3. The number of carbonyl (C=O) groups is 3. The standard InChI is InChI=1S/C17H26N3O5P/c1-8-12(7-19-5-4-11(6-19)18-10(3)22)15(17(24)25-26)20-14(8)13(9(2)21)16(20)23/h8-9,11,13-14,21H,4-7,26H2,1-3H3,(H,18,22)/t8-,9+,11-,13?,14+/m0/s1. The van der Waals surface area contributed by atoms with Crippen LogP contribution < -0.4 is 5.32 Å². The number of carbonyl (C=O) groups excluding carboxylic acids is 3. The Kier molecular flexibility index (Phi) is 5.37. The zero-order chi connectivity index (χ0) is 19.2. The van der Waals surface area contributed by atoms with Gasteiger partial charge in [0, 0.05) is 38.5 Å². The summed E-state index contributed by atoms with van der Waals surface area (Å²) in [5.41, 5.74) is 1.17. The van der Waals surface area contributed by atoms with Crippen molar-refractivity contribution in [2.45, 2.75) is 45.4 Å². The Balaban J connectivity index is 1.80. The van der Waals surface area contributed by atoms with E-state index in [1.807, 2.05) is 16.4 Å². The molecule has 3 heterocycles. The van der Waals surface area contributed by atoms with E-state index in [-0.39, 0.29) is 29.8 Å². The zero-order valence-electron chi connectivity index (χ0n) is 15.3. The van der Waals surface area contributed by atoms with E-state index >= 15 is 0 Å². The van der Waals surface area contributed by atoms with Crippen molar-refractivity contribution >= 4 is 27.3 Å². The summed E-state index contributed by atoms with van der Waals surface area (Å²) in [6.45, 7) is 7.15. The van der Waals surface area contributed by atoms with Crippen molar-refractivity contribution in [3.05, 3.63) is 11.3 Å². The largest absolute Gasteiger partial charge is 0.447 e. The summed E-state index contributed by atoms with van der Waals surface area (Å²) in [6, 6.07) is -0.101. The van der Waals surface area contributed by atoms with Gasteiger partial charge in [-0.25, -0.2) is 4.79 Å². The van der Waals surface area contributed by atoms with Crippen LogP contribution in [0.25, 0.3) is 0 Å². The van der Waals surface area contributed by atoms with Crippen LogP contribution in [0.3, 0.4) is 0 Å². The van der Waals surface area contributed by atoms with Crippen LogP contribution in [0.4, 0.5) is 0 Å². The summed E-state index contributed by atoms with van der Waals surface area (Å²) in [7, 11) is 1.94. The molecule has 2 N–H and O–H groups in total. The monoisotopic (exact) mass is 383 g/mol. The second-order valence-corrected chi connectivity index (χ2v) is 7.69. The van der Waals surface area contributed by atoms with E-state index in [1.165, 1.54) is 11.8 Å². The third-order valence-electron chi connectivity index (χ3n) is 5.69. The van der Waals surface area contributed by atoms with Gasteiger partial charge in [0.05, 0.1) is 27.5 Å². The van der Waals surface area contributed by atoms with Gasteiger partial charge < -0.3 is 19.8 Å². The minimum Gasteiger partial charge on any atom is -0.447 e. The van der Waals surface area contributed by atoms with Crippen molar-refractivity contribution in [2.24, 2.45) is 11.8 Å². The Morgan fingerprint density at radius 3 is 2.73 bits per heavy atom. The molecule has 3 aliphatic heterocycles. The lowest BCUT2D eigenvalue weighted by atomic mass is 9.77. The number of amides is 2. The number of hydrogen-bond donors (Lipinski definition) is 2. The second kappa shape index (κ2) is 7.25. The average molecular weight is 383 g/mol. The molecule has 144 valence electrons. The number of β-lactam (4-membered cyclic amide) rings is 1. The Bertz CT molecular complexity index is 665. The molecule has 0 aromatic rings. The number of nitrogens with one attached hydrogen (secondary N) is 1. The normalized spacial score (nSPS) is 32.3. The van der Waals surface area contributed by atoms with Gasteiger partial charge in [-0.05, 0) is 18.9 Å². The van der Waals surface area contributed by atoms with E-state index in [1.54, 1.807) is 6.92 Å². The number of aliphatic hydroxyl groups is 1. The maximum absolute atomic E-state index is 12.5. The van der Waals surface area contributed by atoms with Crippen molar-refractivity contribution < 1.29 is 24.0 Å². The molecule has 0 aliphatic carbocycles. The minimum atomic E-state index is -0.755. The van der Waals surface area contributed by atoms with Crippen LogP contribution in [0.15, 0.2) is 11.3 Å². The number of aliphatic hydroxyl groups excluding tert-OH is 1. The first-order valence-corrected chi connectivity index (χ1v) is 9.38. The fourth-order valence-corrected chi connectivity index (χ4v) is 4.63. The lowest BCUT2D eigenvalue weighted by molar-refractivity contribution is -0.162. The molecule has 0 bridgehead atoms. The van der Waals surface area contributed by atoms with Crippen molar-refractivity contribution in [1.29, 1.82) is 0 Å². The molecular formula is C17H26N3O5P. The maximum atomic E-state index is 12.5. The molecule has 2 unspecified atom stereocenters. The molecule has 2 amide bonds. The van der Waals surface area contributed by atoms with Gasteiger partial charge in [0.2, 0.25) is 11.8 Å². The van der Waals surface area contributed by atoms with E-state index in [2.05, 4.69) is 10.2 Å². The highest BCUT2D eigenvalue weighted by Gasteiger charge is 2.60. The molecule has 2 saturated heterocycles. The third-order valence-corrected chi connectivity index (χ3v) is 5.90. The molecule has 0 saturated carbocycles. The topological polar surface area (TPSA) is 99.2 Å². The van der Waals surface area contributed by atoms with E-state index in [0.29, 0.717) is 18.8 Å². The number of likely N-dealkylation sites (tertiary alicyclic amines) is 1. The van der Waals surface area contributed by atoms with E-state index in [0.717, 1.165) is 18.5 Å². The fourth-order valence-electron chi connectivity index (χ4n) is 4.52. The molecule has 0 radical (unpaired) electrons. The first-order valence-electron chi connectivity index (χ1n) is 8.91. The van der Waals surface area contributed by atoms with Crippen LogP contribution >= 0.6 is 9.47 Å². The summed E-state index contributed by atoms with van der Waals surface area (Å²) >= 11 is 0. The van der Waals surface area contributed by atoms with Gasteiger partial charge >= 0.3 is 5.97 Å². The number of fused-ring (bicyclic) bond motifs is 1. The van der Waals surface area contributed by atoms with E-state index in [9.17, 15) is 19.5 Å². The quantitative estimate of drug-likeness (QED) is 0.497. The maximum Gasteiger partial charge on any atom is 0.357 e. The highest BCUT2D eigenvalue weighted by Crippen LogP contribution is 2.47. The fraction of sp³-hybridized carbons (Fsp3) is 0.706. The SMILES string of the molecule is CC(=O)N[C@H]1CCN(CC2=C(C(=O)OP)N3C(=O)C([C@@H](C)O)[C@H]3[C@H]2C)C1. The Hall–Kier alpha value is -1.50. The predicted octanol–water partition coefficient (Wildman–Crippen LogP) is -0.358. The van der Waals surface area contributed by atoms with Gasteiger partial charge in [0.1, 0.15) is 5.70 Å². The van der Waals surface area contributed by atoms with Crippen molar-refractivity contribution in [2.75, 3.05) is 19.6 Å². The van der Waals surface area contributed by atoms with Gasteiger partial charge in [-0.2, -0.15) is 0 Å². The van der Waals surface area contributed by atoms with Gasteiger partial charge in [-0.3, -0.25) is 14.5 Å². The van der Waals surface area contributed by atoms with Crippen molar-refractivity contribution in [1.82, 2.24) is 15.1 Å². The summed E-state index contributed by atoms with van der Waals surface area (Å²) in [4.78, 5) is 39.7. The molecule has 9 heteroatoms. The molecular weight excluding hydrogens is 357 g/mol. The van der Waals surface area contributed by atoms with Gasteiger partial charge in [0.15, 0.2) is 0 Å². The third kappa shape index (κ3) is 3.15. The molecule has 8 nitrogen and oxygen atoms in total. The van der Waals surface area contributed by atoms with Crippen LogP contribution in [0.1, 0.15) is 27.2 Å². The summed E-state index contributed by atoms with van der Waals surface area (Å²) < 4.78 is 4.84. The Labute approximate surface area is 155 Å². The molecule has 0 aromatic carbocycles. The highest BCUT2D eigenvalue weighted by molar-refractivity contribution is 7.10. The average Bonchev–Trinajstić information content (AvgIpc) is 3.08. The molecule has 0 aromatic heterocycles. The molecule has 26 heavy (non-hydrogen) atoms. The predicted molar refractivity (Wildman–Crippen MR) is 96.5 cm³/mol. The second-order valence-electron chi connectivity index (χ2n) is 7.45. The summed E-state index contributed by atoms with van der Waals surface area (Å²) in [5.74, 6) is -1.34. The molecule has 6 atom stereocenters. The smallest absolute Gasteiger partial charge is 0.357 e. The molecule has 0 spiro atoms. The summed E-state index contributed by atoms with van der Waals surface area (Å²) in [6.07, 6.45) is 0.0993. The number of nitrogens with zero attached hydrogens (tertiary/aromatic N) is 2. The van der Waals surface area contributed by atoms with E-state index < -0.39 is 18.0 Å². The molecule has 2 fully saturated rings. The van der Waals surface area contributed by atoms with Gasteiger partial charge in [0.25, 0.3) is 0 Å². The van der Waals surface area contributed by atoms with Crippen LogP contribution in [0.2, 0.25) is 0 Å². The summed E-state index contributed by atoms with van der Waals surface area (Å²) in [5, 5.41) is 12.9. The van der Waals surface area contributed by atoms with E-state index in [4.69, 9.17) is 4.52 Å². The van der Waals surface area contributed by atoms with Crippen LogP contribution in [-0.2, 0) is 18.9 Å². The lowest BCUT2D eigenvalue weighted by Gasteiger charge is -2.46. The Morgan fingerprint density at radius 2 is 2.15 bits per heavy atom. The van der Waals surface area contributed by atoms with Crippen LogP contribution in [-0.4, -0.2) is 70.5 Å². The van der Waals surface area contributed by atoms with Gasteiger partial charge in [-0.15, -0.1) is 0 Å². The van der Waals surface area contributed by atoms with Crippen molar-refractivity contribution in [3.8, 4) is 0 Å². The minimum absolute atomic E-state index is 0.0359. The van der Waals surface area contributed by atoms with Crippen LogP contribution in [0.5, 0.6) is 0 Å². The Morgan fingerprint density at radius 1 is 1.46 bits per heavy atom. The first-order chi connectivity index (χ1) is 12.3. The molecule has 3 aliphatic rings.